The van der Waals surface area contributed by atoms with E-state index >= 15 is 0 Å². The third kappa shape index (κ3) is 3.33. The van der Waals surface area contributed by atoms with Gasteiger partial charge in [-0.05, 0) is 54.7 Å². The van der Waals surface area contributed by atoms with Crippen molar-refractivity contribution >= 4 is 29.0 Å². The van der Waals surface area contributed by atoms with Crippen molar-refractivity contribution in [2.24, 2.45) is 17.8 Å². The molecule has 3 heterocycles. The smallest absolute Gasteiger partial charge is 0.308 e. The molecule has 0 unspecified atom stereocenters. The van der Waals surface area contributed by atoms with Crippen molar-refractivity contribution in [3.8, 4) is 5.75 Å². The van der Waals surface area contributed by atoms with E-state index < -0.39 is 0 Å². The number of carbonyl (C=O) groups is 1. The summed E-state index contributed by atoms with van der Waals surface area (Å²) in [6.07, 6.45) is 3.91. The quantitative estimate of drug-likeness (QED) is 0.682. The highest BCUT2D eigenvalue weighted by Gasteiger charge is 2.55. The topological polar surface area (TPSA) is 60.8 Å². The number of nitrogens with zero attached hydrogens (tertiary/aromatic N) is 2. The predicted molar refractivity (Wildman–Crippen MR) is 125 cm³/mol. The molecular formula is C24H28N2O4S2. The average molecular weight is 473 g/mol. The highest BCUT2D eigenvalue weighted by Crippen LogP contribution is 2.64. The van der Waals surface area contributed by atoms with Crippen molar-refractivity contribution in [1.29, 1.82) is 0 Å². The van der Waals surface area contributed by atoms with Crippen LogP contribution in [0.1, 0.15) is 35.6 Å². The second kappa shape index (κ2) is 8.22. The molecule has 1 amide bonds. The predicted octanol–water partition coefficient (Wildman–Crippen LogP) is 3.43. The van der Waals surface area contributed by atoms with E-state index in [0.717, 1.165) is 27.5 Å². The van der Waals surface area contributed by atoms with Gasteiger partial charge in [0.15, 0.2) is 0 Å². The standard InChI is InChI=1S/C24H28N2O4S2/c1-29-17-6-4-14(5-7-17)19-20-15-2-3-16(12-15)21(20)31-23-22(19)32-24(28)26(23)13-18(27)25-8-10-30-11-9-25/h4-7,15-16,19-21H,2-3,8-13H2,1H3/t15-,16-,19-,20-,21+/m0/s1. The van der Waals surface area contributed by atoms with Gasteiger partial charge in [0.1, 0.15) is 12.3 Å². The molecule has 1 aromatic carbocycles. The Balaban J connectivity index is 1.39. The molecule has 0 spiro atoms. The molecule has 2 aliphatic carbocycles. The second-order valence-corrected chi connectivity index (χ2v) is 11.5. The maximum atomic E-state index is 13.2. The first-order chi connectivity index (χ1) is 15.6. The van der Waals surface area contributed by atoms with E-state index in [0.29, 0.717) is 37.5 Å². The summed E-state index contributed by atoms with van der Waals surface area (Å²) in [5.74, 6) is 3.13. The van der Waals surface area contributed by atoms with Crippen LogP contribution in [0, 0.1) is 17.8 Å². The number of ether oxygens (including phenoxy) is 2. The van der Waals surface area contributed by atoms with E-state index in [1.807, 2.05) is 28.8 Å². The number of carbonyl (C=O) groups excluding carboxylic acids is 1. The number of morpholine rings is 1. The number of amides is 1. The summed E-state index contributed by atoms with van der Waals surface area (Å²) in [7, 11) is 1.69. The first-order valence-electron chi connectivity index (χ1n) is 11.5. The maximum Gasteiger partial charge on any atom is 0.308 e. The van der Waals surface area contributed by atoms with Gasteiger partial charge >= 0.3 is 4.87 Å². The molecule has 5 atom stereocenters. The molecule has 2 saturated carbocycles. The molecule has 6 nitrogen and oxygen atoms in total. The van der Waals surface area contributed by atoms with Crippen LogP contribution in [-0.2, 0) is 16.1 Å². The summed E-state index contributed by atoms with van der Waals surface area (Å²) in [5, 5.41) is 1.57. The fourth-order valence-electron chi connectivity index (χ4n) is 6.32. The van der Waals surface area contributed by atoms with Gasteiger partial charge in [0, 0.05) is 29.1 Å². The van der Waals surface area contributed by atoms with Gasteiger partial charge in [-0.1, -0.05) is 23.5 Å². The molecule has 2 bridgehead atoms. The summed E-state index contributed by atoms with van der Waals surface area (Å²) in [4.78, 5) is 29.1. The number of methoxy groups -OCH3 is 1. The van der Waals surface area contributed by atoms with E-state index in [-0.39, 0.29) is 23.2 Å². The van der Waals surface area contributed by atoms with E-state index in [9.17, 15) is 9.59 Å². The Bertz CT molecular complexity index is 1070. The number of thiazole rings is 1. The molecule has 32 heavy (non-hydrogen) atoms. The zero-order valence-corrected chi connectivity index (χ0v) is 19.8. The fourth-order valence-corrected chi connectivity index (χ4v) is 9.47. The lowest BCUT2D eigenvalue weighted by Gasteiger charge is -2.40. The zero-order valence-electron chi connectivity index (χ0n) is 18.2. The summed E-state index contributed by atoms with van der Waals surface area (Å²) in [6.45, 7) is 2.50. The number of aromatic nitrogens is 1. The number of benzene rings is 1. The van der Waals surface area contributed by atoms with Gasteiger partial charge in [-0.3, -0.25) is 14.2 Å². The molecule has 1 aromatic heterocycles. The Morgan fingerprint density at radius 2 is 1.91 bits per heavy atom. The number of fused-ring (bicyclic) bond motifs is 6. The minimum absolute atomic E-state index is 0.00468. The number of rotatable bonds is 4. The highest BCUT2D eigenvalue weighted by molar-refractivity contribution is 8.00. The van der Waals surface area contributed by atoms with Gasteiger partial charge in [0.05, 0.1) is 25.3 Å². The van der Waals surface area contributed by atoms with Crippen LogP contribution < -0.4 is 9.61 Å². The lowest BCUT2D eigenvalue weighted by atomic mass is 9.75. The third-order valence-electron chi connectivity index (χ3n) is 7.82. The molecule has 1 saturated heterocycles. The Labute approximate surface area is 195 Å². The van der Waals surface area contributed by atoms with Crippen LogP contribution in [0.2, 0.25) is 0 Å². The molecule has 4 aliphatic rings. The second-order valence-electron chi connectivity index (χ2n) is 9.36. The normalized spacial score (nSPS) is 30.8. The first kappa shape index (κ1) is 20.8. The van der Waals surface area contributed by atoms with Crippen molar-refractivity contribution in [3.05, 3.63) is 44.4 Å². The highest BCUT2D eigenvalue weighted by atomic mass is 32.2. The molecule has 3 fully saturated rings. The van der Waals surface area contributed by atoms with Crippen molar-refractivity contribution in [3.63, 3.8) is 0 Å². The van der Waals surface area contributed by atoms with Crippen LogP contribution in [-0.4, -0.2) is 54.0 Å². The third-order valence-corrected chi connectivity index (χ3v) is 10.6. The summed E-state index contributed by atoms with van der Waals surface area (Å²) in [5.41, 5.74) is 1.27. The van der Waals surface area contributed by atoms with Crippen LogP contribution >= 0.6 is 23.1 Å². The monoisotopic (exact) mass is 472 g/mol. The van der Waals surface area contributed by atoms with E-state index in [1.165, 1.54) is 36.2 Å². The first-order valence-corrected chi connectivity index (χ1v) is 13.2. The van der Waals surface area contributed by atoms with Crippen LogP contribution in [0.25, 0.3) is 0 Å². The van der Waals surface area contributed by atoms with Gasteiger partial charge in [0.2, 0.25) is 5.91 Å². The van der Waals surface area contributed by atoms with Gasteiger partial charge in [-0.15, -0.1) is 11.8 Å². The molecule has 0 N–H and O–H groups in total. The van der Waals surface area contributed by atoms with Gasteiger partial charge < -0.3 is 14.4 Å². The van der Waals surface area contributed by atoms with Crippen molar-refractivity contribution in [2.45, 2.75) is 42.0 Å². The average Bonchev–Trinajstić information content (AvgIpc) is 3.53. The summed E-state index contributed by atoms with van der Waals surface area (Å²) >= 11 is 3.24. The van der Waals surface area contributed by atoms with Crippen LogP contribution in [0.3, 0.4) is 0 Å². The molecular weight excluding hydrogens is 444 g/mol. The molecule has 0 radical (unpaired) electrons. The van der Waals surface area contributed by atoms with Crippen LogP contribution in [0.5, 0.6) is 5.75 Å². The molecule has 8 heteroatoms. The fraction of sp³-hybridized carbons (Fsp3) is 0.583. The Morgan fingerprint density at radius 3 is 2.66 bits per heavy atom. The molecule has 2 aromatic rings. The van der Waals surface area contributed by atoms with Crippen molar-refractivity contribution in [1.82, 2.24) is 9.47 Å². The maximum absolute atomic E-state index is 13.2. The van der Waals surface area contributed by atoms with Gasteiger partial charge in [0.25, 0.3) is 0 Å². The van der Waals surface area contributed by atoms with Gasteiger partial charge in [-0.2, -0.15) is 0 Å². The largest absolute Gasteiger partial charge is 0.497 e. The van der Waals surface area contributed by atoms with E-state index in [4.69, 9.17) is 9.47 Å². The van der Waals surface area contributed by atoms with Crippen molar-refractivity contribution in [2.75, 3.05) is 33.4 Å². The van der Waals surface area contributed by atoms with Crippen molar-refractivity contribution < 1.29 is 14.3 Å². The molecule has 170 valence electrons. The number of hydrogen-bond donors (Lipinski definition) is 0. The zero-order chi connectivity index (χ0) is 21.8. The minimum atomic E-state index is -0.00468. The molecule has 2 aliphatic heterocycles. The lowest BCUT2D eigenvalue weighted by Crippen LogP contribution is -2.43. The lowest BCUT2D eigenvalue weighted by molar-refractivity contribution is -0.136. The van der Waals surface area contributed by atoms with E-state index in [1.54, 1.807) is 11.7 Å². The summed E-state index contributed by atoms with van der Waals surface area (Å²) < 4.78 is 12.5. The summed E-state index contributed by atoms with van der Waals surface area (Å²) in [6, 6.07) is 8.39. The van der Waals surface area contributed by atoms with Crippen LogP contribution in [0.15, 0.2) is 34.1 Å². The Kier molecular flexibility index (Phi) is 5.35. The SMILES string of the molecule is COc1ccc([C@@H]2c3sc(=O)n(CC(=O)N4CCOCC4)c3S[C@@H]3[C@H]4CC[C@@H](C4)[C@@H]23)cc1. The number of hydrogen-bond acceptors (Lipinski definition) is 6. The van der Waals surface area contributed by atoms with Gasteiger partial charge in [-0.25, -0.2) is 0 Å². The number of thioether (sulfide) groups is 1. The van der Waals surface area contributed by atoms with E-state index in [2.05, 4.69) is 12.1 Å². The van der Waals surface area contributed by atoms with Crippen LogP contribution in [0.4, 0.5) is 0 Å². The Morgan fingerprint density at radius 1 is 1.16 bits per heavy atom. The molecule has 6 rings (SSSR count). The Hall–Kier alpha value is -1.77. The minimum Gasteiger partial charge on any atom is -0.497 e.